The maximum absolute atomic E-state index is 13.7. The van der Waals surface area contributed by atoms with Gasteiger partial charge in [-0.1, -0.05) is 11.6 Å². The Labute approximate surface area is 175 Å². The predicted molar refractivity (Wildman–Crippen MR) is 105 cm³/mol. The average molecular weight is 460 g/mol. The minimum absolute atomic E-state index is 0.0225. The number of halogens is 3. The summed E-state index contributed by atoms with van der Waals surface area (Å²) in [6, 6.07) is 5.90. The summed E-state index contributed by atoms with van der Waals surface area (Å²) in [5.74, 6) is -2.78. The number of hydrogen-bond acceptors (Lipinski definition) is 5. The highest BCUT2D eigenvalue weighted by molar-refractivity contribution is 7.89. The van der Waals surface area contributed by atoms with Gasteiger partial charge in [0.25, 0.3) is 5.69 Å². The Bertz CT molecular complexity index is 1100. The second-order valence-electron chi connectivity index (χ2n) is 6.66. The quantitative estimate of drug-likeness (QED) is 0.543. The number of amides is 1. The Morgan fingerprint density at radius 2 is 1.83 bits per heavy atom. The van der Waals surface area contributed by atoms with E-state index in [9.17, 15) is 32.1 Å². The molecular formula is C18H16ClF2N3O5S. The highest BCUT2D eigenvalue weighted by Gasteiger charge is 2.34. The summed E-state index contributed by atoms with van der Waals surface area (Å²) in [5.41, 5.74) is -0.576. The lowest BCUT2D eigenvalue weighted by atomic mass is 9.97. The number of carbonyl (C=O) groups excluding carboxylic acids is 1. The first kappa shape index (κ1) is 22.1. The fraction of sp³-hybridized carbons (Fsp3) is 0.278. The zero-order valence-corrected chi connectivity index (χ0v) is 16.9. The number of carbonyl (C=O) groups is 1. The highest BCUT2D eigenvalue weighted by Crippen LogP contribution is 2.31. The molecule has 0 spiro atoms. The van der Waals surface area contributed by atoms with Crippen LogP contribution >= 0.6 is 11.6 Å². The largest absolute Gasteiger partial charge is 0.323 e. The fourth-order valence-electron chi connectivity index (χ4n) is 3.13. The number of rotatable bonds is 5. The van der Waals surface area contributed by atoms with E-state index in [2.05, 4.69) is 5.32 Å². The highest BCUT2D eigenvalue weighted by atomic mass is 35.5. The molecule has 1 heterocycles. The maximum Gasteiger partial charge on any atom is 0.270 e. The van der Waals surface area contributed by atoms with Gasteiger partial charge in [0.15, 0.2) is 0 Å². The van der Waals surface area contributed by atoms with Crippen molar-refractivity contribution in [2.75, 3.05) is 18.4 Å². The first-order chi connectivity index (χ1) is 14.1. The molecule has 1 aliphatic heterocycles. The van der Waals surface area contributed by atoms with Gasteiger partial charge in [0.1, 0.15) is 16.5 Å². The summed E-state index contributed by atoms with van der Waals surface area (Å²) in [6.45, 7) is -0.0450. The summed E-state index contributed by atoms with van der Waals surface area (Å²) in [7, 11) is -4.10. The Kier molecular flexibility index (Phi) is 6.34. The smallest absolute Gasteiger partial charge is 0.270 e. The number of nitro benzene ring substituents is 1. The Balaban J connectivity index is 1.69. The molecule has 1 N–H and O–H groups in total. The minimum Gasteiger partial charge on any atom is -0.323 e. The Hall–Kier alpha value is -2.63. The van der Waals surface area contributed by atoms with Crippen molar-refractivity contribution in [3.8, 4) is 0 Å². The Morgan fingerprint density at radius 1 is 1.17 bits per heavy atom. The number of nitrogens with one attached hydrogen (secondary N) is 1. The summed E-state index contributed by atoms with van der Waals surface area (Å²) < 4.78 is 53.5. The molecule has 8 nitrogen and oxygen atoms in total. The molecule has 0 unspecified atom stereocenters. The van der Waals surface area contributed by atoms with Crippen LogP contribution in [-0.4, -0.2) is 36.6 Å². The minimum atomic E-state index is -4.10. The first-order valence-electron chi connectivity index (χ1n) is 8.79. The maximum atomic E-state index is 13.7. The van der Waals surface area contributed by atoms with Crippen LogP contribution < -0.4 is 5.32 Å². The van der Waals surface area contributed by atoms with E-state index in [1.165, 1.54) is 0 Å². The summed E-state index contributed by atoms with van der Waals surface area (Å²) in [5, 5.41) is 13.2. The summed E-state index contributed by atoms with van der Waals surface area (Å²) in [4.78, 5) is 22.2. The third-order valence-corrected chi connectivity index (χ3v) is 7.14. The second kappa shape index (κ2) is 8.62. The van der Waals surface area contributed by atoms with Crippen LogP contribution in [0.3, 0.4) is 0 Å². The first-order valence-corrected chi connectivity index (χ1v) is 10.6. The normalized spacial score (nSPS) is 15.7. The van der Waals surface area contributed by atoms with Gasteiger partial charge in [-0.3, -0.25) is 14.9 Å². The van der Waals surface area contributed by atoms with Crippen molar-refractivity contribution in [2.45, 2.75) is 17.7 Å². The van der Waals surface area contributed by atoms with Gasteiger partial charge in [-0.2, -0.15) is 4.31 Å². The molecule has 0 atom stereocenters. The lowest BCUT2D eigenvalue weighted by molar-refractivity contribution is -0.385. The Morgan fingerprint density at radius 3 is 2.43 bits per heavy atom. The van der Waals surface area contributed by atoms with Crippen molar-refractivity contribution in [1.29, 1.82) is 0 Å². The van der Waals surface area contributed by atoms with Crippen LogP contribution in [0.25, 0.3) is 0 Å². The molecule has 12 heteroatoms. The van der Waals surface area contributed by atoms with Crippen molar-refractivity contribution in [3.63, 3.8) is 0 Å². The van der Waals surface area contributed by atoms with Crippen molar-refractivity contribution in [2.24, 2.45) is 5.92 Å². The number of sulfonamides is 1. The predicted octanol–water partition coefficient (Wildman–Crippen LogP) is 3.57. The van der Waals surface area contributed by atoms with Gasteiger partial charge in [0, 0.05) is 37.2 Å². The lowest BCUT2D eigenvalue weighted by Crippen LogP contribution is -2.41. The van der Waals surface area contributed by atoms with E-state index in [1.807, 2.05) is 0 Å². The van der Waals surface area contributed by atoms with Crippen LogP contribution in [0.15, 0.2) is 41.3 Å². The van der Waals surface area contributed by atoms with E-state index in [-0.39, 0.29) is 41.5 Å². The van der Waals surface area contributed by atoms with Crippen molar-refractivity contribution in [1.82, 2.24) is 4.31 Å². The van der Waals surface area contributed by atoms with Gasteiger partial charge in [-0.25, -0.2) is 17.2 Å². The van der Waals surface area contributed by atoms with E-state index in [1.54, 1.807) is 0 Å². The zero-order valence-electron chi connectivity index (χ0n) is 15.3. The second-order valence-corrected chi connectivity index (χ2v) is 8.98. The van der Waals surface area contributed by atoms with Gasteiger partial charge in [0.05, 0.1) is 15.6 Å². The molecule has 0 aromatic heterocycles. The molecule has 0 radical (unpaired) electrons. The molecule has 1 fully saturated rings. The molecule has 1 saturated heterocycles. The van der Waals surface area contributed by atoms with Crippen LogP contribution in [0.1, 0.15) is 12.8 Å². The molecular weight excluding hydrogens is 444 g/mol. The van der Waals surface area contributed by atoms with E-state index in [0.717, 1.165) is 34.6 Å². The standard InChI is InChI=1S/C18H16ClF2N3O5S/c19-14-3-2-13(24(26)27)10-17(14)30(28,29)23-7-5-11(6-8-23)18(25)22-16-4-1-12(20)9-15(16)21/h1-4,9-11H,5-8H2,(H,22,25). The van der Waals surface area contributed by atoms with Crippen molar-refractivity contribution in [3.05, 3.63) is 63.2 Å². The number of nitrogens with zero attached hydrogens (tertiary/aromatic N) is 2. The number of anilines is 1. The topological polar surface area (TPSA) is 110 Å². The molecule has 1 amide bonds. The fourth-order valence-corrected chi connectivity index (χ4v) is 5.09. The third-order valence-electron chi connectivity index (χ3n) is 4.76. The lowest BCUT2D eigenvalue weighted by Gasteiger charge is -2.30. The van der Waals surface area contributed by atoms with E-state index < -0.39 is 44.1 Å². The van der Waals surface area contributed by atoms with Gasteiger partial charge >= 0.3 is 0 Å². The van der Waals surface area contributed by atoms with Crippen molar-refractivity contribution >= 4 is 38.9 Å². The molecule has 0 saturated carbocycles. The number of piperidine rings is 1. The molecule has 0 aliphatic carbocycles. The number of nitro groups is 1. The molecule has 2 aromatic rings. The number of benzene rings is 2. The third kappa shape index (κ3) is 4.58. The SMILES string of the molecule is O=C(Nc1ccc(F)cc1F)C1CCN(S(=O)(=O)c2cc([N+](=O)[O-])ccc2Cl)CC1. The van der Waals surface area contributed by atoms with E-state index in [4.69, 9.17) is 11.6 Å². The van der Waals surface area contributed by atoms with Crippen LogP contribution in [-0.2, 0) is 14.8 Å². The summed E-state index contributed by atoms with van der Waals surface area (Å²) in [6.07, 6.45) is 0.306. The molecule has 160 valence electrons. The van der Waals surface area contributed by atoms with Crippen LogP contribution in [0.4, 0.5) is 20.2 Å². The van der Waals surface area contributed by atoms with Crippen LogP contribution in [0.5, 0.6) is 0 Å². The molecule has 3 rings (SSSR count). The average Bonchev–Trinajstić information content (AvgIpc) is 2.70. The van der Waals surface area contributed by atoms with Crippen LogP contribution in [0.2, 0.25) is 5.02 Å². The van der Waals surface area contributed by atoms with Crippen molar-refractivity contribution < 1.29 is 26.9 Å². The molecule has 2 aromatic carbocycles. The molecule has 0 bridgehead atoms. The van der Waals surface area contributed by atoms with Gasteiger partial charge in [-0.15, -0.1) is 0 Å². The summed E-state index contributed by atoms with van der Waals surface area (Å²) >= 11 is 5.95. The monoisotopic (exact) mass is 459 g/mol. The number of non-ortho nitro benzene ring substituents is 1. The van der Waals surface area contributed by atoms with Gasteiger partial charge < -0.3 is 5.32 Å². The molecule has 30 heavy (non-hydrogen) atoms. The van der Waals surface area contributed by atoms with E-state index in [0.29, 0.717) is 6.07 Å². The zero-order chi connectivity index (χ0) is 22.1. The van der Waals surface area contributed by atoms with Gasteiger partial charge in [-0.05, 0) is 31.0 Å². The van der Waals surface area contributed by atoms with Crippen LogP contribution in [0, 0.1) is 27.7 Å². The van der Waals surface area contributed by atoms with E-state index >= 15 is 0 Å². The number of hydrogen-bond donors (Lipinski definition) is 1. The molecule has 1 aliphatic rings. The van der Waals surface area contributed by atoms with Gasteiger partial charge in [0.2, 0.25) is 15.9 Å².